The van der Waals surface area contributed by atoms with E-state index in [-0.39, 0.29) is 32.4 Å². The van der Waals surface area contributed by atoms with Crippen LogP contribution in [0, 0.1) is 0 Å². The van der Waals surface area contributed by atoms with Crippen LogP contribution in [-0.4, -0.2) is 67.6 Å². The van der Waals surface area contributed by atoms with Crippen LogP contribution in [0.15, 0.2) is 0 Å². The average molecular weight is 304 g/mol. The first-order chi connectivity index (χ1) is 5.91. The van der Waals surface area contributed by atoms with E-state index >= 15 is 0 Å². The Hall–Kier alpha value is 0.113. The zero-order valence-corrected chi connectivity index (χ0v) is 10.3. The van der Waals surface area contributed by atoms with E-state index in [0.717, 1.165) is 0 Å². The van der Waals surface area contributed by atoms with E-state index in [9.17, 15) is 4.79 Å². The minimum atomic E-state index is -2.20. The van der Waals surface area contributed by atoms with Gasteiger partial charge in [-0.1, -0.05) is 0 Å². The van der Waals surface area contributed by atoms with E-state index in [1.807, 2.05) is 0 Å². The largest absolute Gasteiger partial charge is 0.479 e. The Labute approximate surface area is 105 Å². The van der Waals surface area contributed by atoms with E-state index in [4.69, 9.17) is 30.6 Å². The number of hydrogen-bond donors (Lipinski definition) is 7. The van der Waals surface area contributed by atoms with E-state index in [1.165, 1.54) is 0 Å². The Morgan fingerprint density at radius 3 is 1.73 bits per heavy atom. The zero-order valence-electron chi connectivity index (χ0n) is 7.82. The molecule has 8 nitrogen and oxygen atoms in total. The normalized spacial score (nSPS) is 17.7. The maximum absolute atomic E-state index is 10.1. The Morgan fingerprint density at radius 1 is 1.07 bits per heavy atom. The van der Waals surface area contributed by atoms with Crippen molar-refractivity contribution in [1.29, 1.82) is 0 Å². The number of aliphatic hydroxyl groups excluding tert-OH is 5. The molecule has 0 aromatic carbocycles. The third kappa shape index (κ3) is 6.31. The summed E-state index contributed by atoms with van der Waals surface area (Å²) in [5.74, 6) is -1.73. The summed E-state index contributed by atoms with van der Waals surface area (Å²) in [6.45, 7) is -0.843. The van der Waals surface area contributed by atoms with Crippen LogP contribution in [0.5, 0.6) is 0 Å². The van der Waals surface area contributed by atoms with Crippen LogP contribution < -0.4 is 6.15 Å². The Kier molecular flexibility index (Phi) is 12.8. The topological polar surface area (TPSA) is 173 Å². The number of aliphatic hydroxyl groups is 5. The summed E-state index contributed by atoms with van der Waals surface area (Å²) in [6, 6.07) is 0. The van der Waals surface area contributed by atoms with Gasteiger partial charge in [-0.2, -0.15) is 0 Å². The molecule has 9 N–H and O–H groups in total. The van der Waals surface area contributed by atoms with Crippen LogP contribution in [0.4, 0.5) is 0 Å². The van der Waals surface area contributed by atoms with Crippen molar-refractivity contribution >= 4 is 5.97 Å². The zero-order chi connectivity index (χ0) is 10.6. The molecule has 0 bridgehead atoms. The third-order valence-electron chi connectivity index (χ3n) is 1.51. The fraction of sp³-hybridized carbons (Fsp3) is 0.833. The Balaban J connectivity index is -0.000000720. The van der Waals surface area contributed by atoms with E-state index < -0.39 is 37.0 Å². The van der Waals surface area contributed by atoms with Crippen LogP contribution in [0.1, 0.15) is 0 Å². The summed E-state index contributed by atoms with van der Waals surface area (Å²) in [6.07, 6.45) is -7.84. The number of carbonyl (C=O) groups is 1. The van der Waals surface area contributed by atoms with Gasteiger partial charge in [-0.05, 0) is 0 Å². The molecule has 90 valence electrons. The van der Waals surface area contributed by atoms with Gasteiger partial charge in [0.05, 0.1) is 6.61 Å². The number of rotatable bonds is 5. The number of aliphatic carboxylic acids is 1. The van der Waals surface area contributed by atoms with Crippen molar-refractivity contribution in [3.8, 4) is 0 Å². The molecule has 9 heteroatoms. The molecule has 0 saturated carbocycles. The van der Waals surface area contributed by atoms with Gasteiger partial charge < -0.3 is 36.8 Å². The van der Waals surface area contributed by atoms with Gasteiger partial charge in [0.25, 0.3) is 0 Å². The molecule has 0 aliphatic rings. The molecule has 0 amide bonds. The monoisotopic (exact) mass is 303 g/mol. The minimum Gasteiger partial charge on any atom is -0.479 e. The molecule has 0 fully saturated rings. The summed E-state index contributed by atoms with van der Waals surface area (Å²) >= 11 is 0. The van der Waals surface area contributed by atoms with Crippen LogP contribution in [0.2, 0.25) is 0 Å². The molecular weight excluding hydrogens is 289 g/mol. The molecule has 0 aliphatic heterocycles. The van der Waals surface area contributed by atoms with Crippen LogP contribution in [0.3, 0.4) is 0 Å². The molecule has 0 aromatic heterocycles. The molecule has 4 atom stereocenters. The van der Waals surface area contributed by atoms with Gasteiger partial charge in [0.15, 0.2) is 6.10 Å². The fourth-order valence-corrected chi connectivity index (χ4v) is 0.668. The first-order valence-electron chi connectivity index (χ1n) is 3.47. The van der Waals surface area contributed by atoms with Crippen LogP contribution in [-0.2, 0) is 31.0 Å². The Bertz CT molecular complexity index is 181. The van der Waals surface area contributed by atoms with Crippen molar-refractivity contribution in [3.05, 3.63) is 0 Å². The molecule has 0 heterocycles. The summed E-state index contributed by atoms with van der Waals surface area (Å²) < 4.78 is 0. The molecule has 0 unspecified atom stereocenters. The molecule has 0 spiro atoms. The second-order valence-corrected chi connectivity index (χ2v) is 2.51. The van der Waals surface area contributed by atoms with Crippen molar-refractivity contribution in [2.75, 3.05) is 6.61 Å². The first kappa shape index (κ1) is 20.5. The first-order valence-corrected chi connectivity index (χ1v) is 3.47. The van der Waals surface area contributed by atoms with Gasteiger partial charge in [0.1, 0.15) is 18.3 Å². The summed E-state index contributed by atoms with van der Waals surface area (Å²) in [7, 11) is 0. The van der Waals surface area contributed by atoms with E-state index in [1.54, 1.807) is 0 Å². The number of carboxylic acid groups (broad SMARTS) is 1. The smallest absolute Gasteiger partial charge is 0.335 e. The predicted molar refractivity (Wildman–Crippen MR) is 43.8 cm³/mol. The molecule has 0 radical (unpaired) electrons. The molecule has 15 heavy (non-hydrogen) atoms. The Morgan fingerprint density at radius 2 is 1.47 bits per heavy atom. The quantitative estimate of drug-likeness (QED) is 0.276. The van der Waals surface area contributed by atoms with Gasteiger partial charge >= 0.3 is 5.97 Å². The molecule has 0 aliphatic carbocycles. The van der Waals surface area contributed by atoms with Gasteiger partial charge in [0.2, 0.25) is 0 Å². The summed E-state index contributed by atoms with van der Waals surface area (Å²) in [4.78, 5) is 10.1. The summed E-state index contributed by atoms with van der Waals surface area (Å²) in [5.41, 5.74) is 0. The maximum Gasteiger partial charge on any atom is 0.335 e. The molecule has 0 aromatic rings. The van der Waals surface area contributed by atoms with Gasteiger partial charge in [-0.15, -0.1) is 0 Å². The third-order valence-corrected chi connectivity index (χ3v) is 1.51. The number of hydrogen-bond acceptors (Lipinski definition) is 7. The van der Waals surface area contributed by atoms with Crippen molar-refractivity contribution in [2.24, 2.45) is 0 Å². The maximum atomic E-state index is 10.1. The summed E-state index contributed by atoms with van der Waals surface area (Å²) in [5, 5.41) is 51.8. The van der Waals surface area contributed by atoms with Crippen molar-refractivity contribution in [3.63, 3.8) is 0 Å². The number of carboxylic acids is 1. The van der Waals surface area contributed by atoms with Crippen molar-refractivity contribution in [2.45, 2.75) is 24.4 Å². The standard InChI is InChI=1S/C6H12O7.H3N.Zr/c7-1-2(8)3(9)4(10)5(11)6(12)13;;/h2-5,7-11H,1H2,(H,12,13);1H3;/t2-,3-,4+,5-;;/m1../s1. The van der Waals surface area contributed by atoms with Crippen molar-refractivity contribution < 1.29 is 61.6 Å². The molecular formula is C6H15NO7Zr. The predicted octanol–water partition coefficient (Wildman–Crippen LogP) is -3.33. The van der Waals surface area contributed by atoms with Gasteiger partial charge in [-0.25, -0.2) is 4.79 Å². The van der Waals surface area contributed by atoms with Crippen LogP contribution >= 0.6 is 0 Å². The second kappa shape index (κ2) is 9.35. The van der Waals surface area contributed by atoms with Gasteiger partial charge in [-0.3, -0.25) is 0 Å². The fourth-order valence-electron chi connectivity index (χ4n) is 0.668. The van der Waals surface area contributed by atoms with E-state index in [2.05, 4.69) is 0 Å². The van der Waals surface area contributed by atoms with E-state index in [0.29, 0.717) is 0 Å². The van der Waals surface area contributed by atoms with Gasteiger partial charge in [0, 0.05) is 26.2 Å². The average Bonchev–Trinajstić information content (AvgIpc) is 2.12. The molecule has 0 rings (SSSR count). The van der Waals surface area contributed by atoms with Crippen molar-refractivity contribution in [1.82, 2.24) is 6.15 Å². The SMILES string of the molecule is N.O=C(O)[C@H](O)[C@@H](O)[C@H](O)[C@H](O)CO.[Zr]. The van der Waals surface area contributed by atoms with Crippen LogP contribution in [0.25, 0.3) is 0 Å². The molecule has 0 saturated heterocycles. The second-order valence-electron chi connectivity index (χ2n) is 2.51. The minimum absolute atomic E-state index is 0.